The van der Waals surface area contributed by atoms with E-state index in [0.29, 0.717) is 13.1 Å². The Labute approximate surface area is 118 Å². The Morgan fingerprint density at radius 3 is 2.80 bits per heavy atom. The molecule has 2 N–H and O–H groups in total. The van der Waals surface area contributed by atoms with Gasteiger partial charge in [-0.3, -0.25) is 9.13 Å². The van der Waals surface area contributed by atoms with Crippen LogP contribution in [-0.2, 0) is 13.1 Å². The fourth-order valence-electron chi connectivity index (χ4n) is 2.08. The molecule has 4 heteroatoms. The second kappa shape index (κ2) is 6.78. The summed E-state index contributed by atoms with van der Waals surface area (Å²) in [6, 6.07) is 7.88. The predicted octanol–water partition coefficient (Wildman–Crippen LogP) is 1.42. The summed E-state index contributed by atoms with van der Waals surface area (Å²) < 4.78 is 3.45. The van der Waals surface area contributed by atoms with Gasteiger partial charge in [-0.15, -0.1) is 0 Å². The molecule has 1 heterocycles. The maximum absolute atomic E-state index is 12.1. The van der Waals surface area contributed by atoms with Crippen LogP contribution in [0, 0.1) is 11.8 Å². The zero-order valence-electron chi connectivity index (χ0n) is 11.7. The number of imidazole rings is 1. The zero-order chi connectivity index (χ0) is 14.4. The van der Waals surface area contributed by atoms with Gasteiger partial charge in [0.15, 0.2) is 0 Å². The molecule has 1 aromatic heterocycles. The van der Waals surface area contributed by atoms with Crippen LogP contribution < -0.4 is 11.4 Å². The van der Waals surface area contributed by atoms with Crippen molar-refractivity contribution < 1.29 is 0 Å². The molecule has 4 nitrogen and oxygen atoms in total. The largest absolute Gasteiger partial charge is 0.328 e. The van der Waals surface area contributed by atoms with E-state index < -0.39 is 0 Å². The molecular weight excluding hydrogens is 250 g/mol. The lowest BCUT2D eigenvalue weighted by Gasteiger charge is -2.03. The van der Waals surface area contributed by atoms with E-state index in [4.69, 9.17) is 5.73 Å². The van der Waals surface area contributed by atoms with Crippen molar-refractivity contribution in [1.82, 2.24) is 9.13 Å². The van der Waals surface area contributed by atoms with Gasteiger partial charge in [0.1, 0.15) is 0 Å². The lowest BCUT2D eigenvalue weighted by Crippen LogP contribution is -2.24. The van der Waals surface area contributed by atoms with Crippen molar-refractivity contribution in [2.75, 3.05) is 6.54 Å². The van der Waals surface area contributed by atoms with Crippen molar-refractivity contribution in [2.24, 2.45) is 5.73 Å². The van der Waals surface area contributed by atoms with Crippen LogP contribution in [0.25, 0.3) is 0 Å². The van der Waals surface area contributed by atoms with Crippen LogP contribution in [0.15, 0.2) is 41.5 Å². The van der Waals surface area contributed by atoms with E-state index in [0.717, 1.165) is 24.1 Å². The Hall–Kier alpha value is -2.25. The summed E-state index contributed by atoms with van der Waals surface area (Å²) in [7, 11) is 0. The highest BCUT2D eigenvalue weighted by Gasteiger charge is 2.03. The van der Waals surface area contributed by atoms with E-state index in [1.165, 1.54) is 0 Å². The van der Waals surface area contributed by atoms with Crippen molar-refractivity contribution in [3.05, 3.63) is 58.3 Å². The molecule has 104 valence electrons. The van der Waals surface area contributed by atoms with Crippen molar-refractivity contribution >= 4 is 0 Å². The van der Waals surface area contributed by atoms with E-state index in [1.54, 1.807) is 9.13 Å². The number of nitrogens with zero attached hydrogens (tertiary/aromatic N) is 2. The SMILES string of the molecule is CCCn1ccn(Cc2cccc(C#CCN)c2)c1=O. The minimum absolute atomic E-state index is 0.0327. The normalized spacial score (nSPS) is 10.1. The van der Waals surface area contributed by atoms with Gasteiger partial charge in [-0.25, -0.2) is 4.79 Å². The van der Waals surface area contributed by atoms with Crippen LogP contribution in [0.1, 0.15) is 24.5 Å². The van der Waals surface area contributed by atoms with Gasteiger partial charge in [-0.05, 0) is 24.1 Å². The minimum atomic E-state index is 0.0327. The third-order valence-electron chi connectivity index (χ3n) is 3.00. The number of hydrogen-bond donors (Lipinski definition) is 1. The molecule has 0 aliphatic heterocycles. The van der Waals surface area contributed by atoms with Gasteiger partial charge in [0, 0.05) is 24.5 Å². The average molecular weight is 269 g/mol. The summed E-state index contributed by atoms with van der Waals surface area (Å²) in [4.78, 5) is 12.1. The predicted molar refractivity (Wildman–Crippen MR) is 80.5 cm³/mol. The molecule has 0 aliphatic rings. The number of aryl methyl sites for hydroxylation is 1. The third-order valence-corrected chi connectivity index (χ3v) is 3.00. The number of rotatable bonds is 4. The summed E-state index contributed by atoms with van der Waals surface area (Å²) in [5.74, 6) is 5.84. The van der Waals surface area contributed by atoms with E-state index in [2.05, 4.69) is 18.8 Å². The molecule has 2 aromatic rings. The van der Waals surface area contributed by atoms with Gasteiger partial charge >= 0.3 is 5.69 Å². The molecule has 0 saturated heterocycles. The Bertz CT molecular complexity index is 685. The van der Waals surface area contributed by atoms with E-state index in [1.807, 2.05) is 36.7 Å². The van der Waals surface area contributed by atoms with Crippen LogP contribution in [0.4, 0.5) is 0 Å². The first kappa shape index (κ1) is 14.2. The van der Waals surface area contributed by atoms with Crippen LogP contribution in [-0.4, -0.2) is 15.7 Å². The van der Waals surface area contributed by atoms with Gasteiger partial charge in [-0.2, -0.15) is 0 Å². The first-order chi connectivity index (χ1) is 9.74. The fraction of sp³-hybridized carbons (Fsp3) is 0.312. The summed E-state index contributed by atoms with van der Waals surface area (Å²) in [5.41, 5.74) is 7.39. The van der Waals surface area contributed by atoms with E-state index in [-0.39, 0.29) is 5.69 Å². The maximum Gasteiger partial charge on any atom is 0.328 e. The quantitative estimate of drug-likeness (QED) is 0.853. The maximum atomic E-state index is 12.1. The Kier molecular flexibility index (Phi) is 4.80. The number of benzene rings is 1. The molecule has 0 unspecified atom stereocenters. The van der Waals surface area contributed by atoms with Crippen molar-refractivity contribution in [2.45, 2.75) is 26.4 Å². The first-order valence-electron chi connectivity index (χ1n) is 6.78. The Morgan fingerprint density at radius 1 is 1.25 bits per heavy atom. The third kappa shape index (κ3) is 3.40. The average Bonchev–Trinajstić information content (AvgIpc) is 2.79. The summed E-state index contributed by atoms with van der Waals surface area (Å²) >= 11 is 0. The molecule has 0 spiro atoms. The first-order valence-corrected chi connectivity index (χ1v) is 6.78. The van der Waals surface area contributed by atoms with Crippen molar-refractivity contribution in [1.29, 1.82) is 0 Å². The topological polar surface area (TPSA) is 52.9 Å². The van der Waals surface area contributed by atoms with Crippen LogP contribution in [0.3, 0.4) is 0 Å². The molecule has 2 rings (SSSR count). The minimum Gasteiger partial charge on any atom is -0.320 e. The zero-order valence-corrected chi connectivity index (χ0v) is 11.7. The van der Waals surface area contributed by atoms with Gasteiger partial charge in [0.25, 0.3) is 0 Å². The second-order valence-electron chi connectivity index (χ2n) is 4.61. The smallest absolute Gasteiger partial charge is 0.320 e. The molecule has 0 amide bonds. The molecule has 0 atom stereocenters. The lowest BCUT2D eigenvalue weighted by molar-refractivity contribution is 0.624. The summed E-state index contributed by atoms with van der Waals surface area (Å²) in [6.45, 7) is 3.73. The Balaban J connectivity index is 2.20. The highest BCUT2D eigenvalue weighted by atomic mass is 16.1. The van der Waals surface area contributed by atoms with Gasteiger partial charge in [0.05, 0.1) is 13.1 Å². The molecule has 0 aliphatic carbocycles. The number of aromatic nitrogens is 2. The van der Waals surface area contributed by atoms with Gasteiger partial charge < -0.3 is 5.73 Å². The highest BCUT2D eigenvalue weighted by molar-refractivity contribution is 5.37. The van der Waals surface area contributed by atoms with Crippen molar-refractivity contribution in [3.8, 4) is 11.8 Å². The lowest BCUT2D eigenvalue weighted by atomic mass is 10.1. The van der Waals surface area contributed by atoms with Gasteiger partial charge in [0.2, 0.25) is 0 Å². The number of nitrogens with two attached hydrogens (primary N) is 1. The molecule has 0 radical (unpaired) electrons. The van der Waals surface area contributed by atoms with Crippen LogP contribution in [0.5, 0.6) is 0 Å². The number of hydrogen-bond acceptors (Lipinski definition) is 2. The second-order valence-corrected chi connectivity index (χ2v) is 4.61. The van der Waals surface area contributed by atoms with E-state index >= 15 is 0 Å². The molecule has 0 saturated carbocycles. The van der Waals surface area contributed by atoms with Crippen LogP contribution >= 0.6 is 0 Å². The molecule has 1 aromatic carbocycles. The van der Waals surface area contributed by atoms with Gasteiger partial charge in [-0.1, -0.05) is 30.9 Å². The monoisotopic (exact) mass is 269 g/mol. The fourth-order valence-corrected chi connectivity index (χ4v) is 2.08. The molecular formula is C16H19N3O. The molecule has 0 bridgehead atoms. The highest BCUT2D eigenvalue weighted by Crippen LogP contribution is 2.05. The Morgan fingerprint density at radius 2 is 2.05 bits per heavy atom. The van der Waals surface area contributed by atoms with Crippen molar-refractivity contribution in [3.63, 3.8) is 0 Å². The van der Waals surface area contributed by atoms with Crippen LogP contribution in [0.2, 0.25) is 0 Å². The summed E-state index contributed by atoms with van der Waals surface area (Å²) in [6.07, 6.45) is 4.62. The van der Waals surface area contributed by atoms with E-state index in [9.17, 15) is 4.79 Å². The summed E-state index contributed by atoms with van der Waals surface area (Å²) in [5, 5.41) is 0. The standard InChI is InChI=1S/C16H19N3O/c1-2-9-18-10-11-19(16(18)20)13-15-6-3-5-14(12-15)7-4-8-17/h3,5-6,10-12H,2,8-9,13,17H2,1H3. The molecule has 20 heavy (non-hydrogen) atoms. The molecule has 0 fully saturated rings.